The van der Waals surface area contributed by atoms with E-state index in [1.807, 2.05) is 6.92 Å². The second kappa shape index (κ2) is 5.17. The van der Waals surface area contributed by atoms with E-state index in [1.54, 1.807) is 24.3 Å². The number of carbonyl (C=O) groups excluding carboxylic acids is 2. The quantitative estimate of drug-likeness (QED) is 0.541. The predicted molar refractivity (Wildman–Crippen MR) is 52.4 cm³/mol. The molecule has 0 saturated heterocycles. The molecule has 0 amide bonds. The van der Waals surface area contributed by atoms with E-state index in [4.69, 9.17) is 4.74 Å². The summed E-state index contributed by atoms with van der Waals surface area (Å²) in [6.45, 7) is 2.30. The van der Waals surface area contributed by atoms with Crippen LogP contribution in [0.1, 0.15) is 34.1 Å². The Kier molecular flexibility index (Phi) is 3.85. The maximum atomic E-state index is 11.4. The van der Waals surface area contributed by atoms with Gasteiger partial charge in [-0.25, -0.2) is 4.79 Å². The standard InChI is InChI=1S/C11H12O3/c1-2-7-14-11(13)10-6-4-3-5-9(10)8-12/h3-6,8H,2,7H2,1H3. The molecule has 14 heavy (non-hydrogen) atoms. The molecule has 0 aliphatic rings. The Morgan fingerprint density at radius 1 is 1.43 bits per heavy atom. The maximum absolute atomic E-state index is 11.4. The number of ether oxygens (including phenoxy) is 1. The van der Waals surface area contributed by atoms with Crippen LogP contribution in [0.25, 0.3) is 0 Å². The molecule has 0 unspecified atom stereocenters. The van der Waals surface area contributed by atoms with Crippen molar-refractivity contribution in [3.8, 4) is 0 Å². The van der Waals surface area contributed by atoms with Gasteiger partial charge in [0.05, 0.1) is 12.2 Å². The van der Waals surface area contributed by atoms with Crippen molar-refractivity contribution in [1.82, 2.24) is 0 Å². The van der Waals surface area contributed by atoms with Crippen molar-refractivity contribution in [2.75, 3.05) is 6.61 Å². The van der Waals surface area contributed by atoms with Crippen LogP contribution >= 0.6 is 0 Å². The molecule has 0 fully saturated rings. The minimum atomic E-state index is -0.436. The number of hydrogen-bond donors (Lipinski definition) is 0. The molecule has 74 valence electrons. The van der Waals surface area contributed by atoms with Crippen molar-refractivity contribution >= 4 is 12.3 Å². The summed E-state index contributed by atoms with van der Waals surface area (Å²) in [5.41, 5.74) is 0.699. The predicted octanol–water partition coefficient (Wildman–Crippen LogP) is 2.07. The molecular formula is C11H12O3. The Morgan fingerprint density at radius 2 is 2.14 bits per heavy atom. The van der Waals surface area contributed by atoms with E-state index in [2.05, 4.69) is 0 Å². The molecular weight excluding hydrogens is 180 g/mol. The van der Waals surface area contributed by atoms with Crippen LogP contribution in [0.15, 0.2) is 24.3 Å². The molecule has 0 N–H and O–H groups in total. The highest BCUT2D eigenvalue weighted by Gasteiger charge is 2.10. The molecule has 1 aromatic rings. The fourth-order valence-corrected chi connectivity index (χ4v) is 1.06. The van der Waals surface area contributed by atoms with Gasteiger partial charge in [0.25, 0.3) is 0 Å². The second-order valence-corrected chi connectivity index (χ2v) is 2.84. The highest BCUT2D eigenvalue weighted by Crippen LogP contribution is 2.07. The number of hydrogen-bond acceptors (Lipinski definition) is 3. The summed E-state index contributed by atoms with van der Waals surface area (Å²) >= 11 is 0. The van der Waals surface area contributed by atoms with Crippen LogP contribution in [0.3, 0.4) is 0 Å². The van der Waals surface area contributed by atoms with E-state index in [1.165, 1.54) is 0 Å². The third-order valence-corrected chi connectivity index (χ3v) is 1.74. The fraction of sp³-hybridized carbons (Fsp3) is 0.273. The van der Waals surface area contributed by atoms with Gasteiger partial charge in [0.15, 0.2) is 6.29 Å². The largest absolute Gasteiger partial charge is 0.462 e. The Morgan fingerprint density at radius 3 is 2.79 bits per heavy atom. The van der Waals surface area contributed by atoms with E-state index in [-0.39, 0.29) is 0 Å². The first-order valence-electron chi connectivity index (χ1n) is 4.51. The van der Waals surface area contributed by atoms with Gasteiger partial charge in [0.2, 0.25) is 0 Å². The van der Waals surface area contributed by atoms with E-state index < -0.39 is 5.97 Å². The lowest BCUT2D eigenvalue weighted by Crippen LogP contribution is -2.08. The van der Waals surface area contributed by atoms with E-state index >= 15 is 0 Å². The molecule has 0 spiro atoms. The van der Waals surface area contributed by atoms with Gasteiger partial charge in [-0.15, -0.1) is 0 Å². The number of benzene rings is 1. The minimum Gasteiger partial charge on any atom is -0.462 e. The molecule has 3 nitrogen and oxygen atoms in total. The molecule has 0 saturated carbocycles. The van der Waals surface area contributed by atoms with Crippen LogP contribution in [0.4, 0.5) is 0 Å². The van der Waals surface area contributed by atoms with E-state index in [9.17, 15) is 9.59 Å². The molecule has 0 aliphatic carbocycles. The van der Waals surface area contributed by atoms with Crippen molar-refractivity contribution in [3.05, 3.63) is 35.4 Å². The third-order valence-electron chi connectivity index (χ3n) is 1.74. The summed E-state index contributed by atoms with van der Waals surface area (Å²) < 4.78 is 4.92. The monoisotopic (exact) mass is 192 g/mol. The minimum absolute atomic E-state index is 0.330. The lowest BCUT2D eigenvalue weighted by molar-refractivity contribution is 0.0503. The van der Waals surface area contributed by atoms with Crippen LogP contribution in [0.2, 0.25) is 0 Å². The fourth-order valence-electron chi connectivity index (χ4n) is 1.06. The van der Waals surface area contributed by atoms with Gasteiger partial charge in [0.1, 0.15) is 0 Å². The number of esters is 1. The van der Waals surface area contributed by atoms with Crippen LogP contribution in [-0.2, 0) is 4.74 Å². The summed E-state index contributed by atoms with van der Waals surface area (Å²) in [4.78, 5) is 22.0. The molecule has 0 bridgehead atoms. The van der Waals surface area contributed by atoms with Crippen molar-refractivity contribution in [2.45, 2.75) is 13.3 Å². The molecule has 0 radical (unpaired) electrons. The zero-order valence-corrected chi connectivity index (χ0v) is 8.03. The van der Waals surface area contributed by atoms with Gasteiger partial charge < -0.3 is 4.74 Å². The van der Waals surface area contributed by atoms with E-state index in [0.717, 1.165) is 6.42 Å². The van der Waals surface area contributed by atoms with Gasteiger partial charge in [-0.05, 0) is 12.5 Å². The number of rotatable bonds is 4. The Labute approximate surface area is 82.7 Å². The lowest BCUT2D eigenvalue weighted by Gasteiger charge is -2.04. The van der Waals surface area contributed by atoms with Gasteiger partial charge in [-0.3, -0.25) is 4.79 Å². The Hall–Kier alpha value is -1.64. The highest BCUT2D eigenvalue weighted by molar-refractivity contribution is 5.98. The van der Waals surface area contributed by atoms with Gasteiger partial charge in [-0.2, -0.15) is 0 Å². The lowest BCUT2D eigenvalue weighted by atomic mass is 10.1. The van der Waals surface area contributed by atoms with Gasteiger partial charge >= 0.3 is 5.97 Å². The third kappa shape index (κ3) is 2.42. The topological polar surface area (TPSA) is 43.4 Å². The first kappa shape index (κ1) is 10.4. The van der Waals surface area contributed by atoms with Crippen LogP contribution in [0.5, 0.6) is 0 Å². The first-order chi connectivity index (χ1) is 6.79. The van der Waals surface area contributed by atoms with Crippen molar-refractivity contribution in [1.29, 1.82) is 0 Å². The number of aldehydes is 1. The molecule has 0 atom stereocenters. The van der Waals surface area contributed by atoms with Crippen LogP contribution in [-0.4, -0.2) is 18.9 Å². The Bertz CT molecular complexity index is 331. The maximum Gasteiger partial charge on any atom is 0.338 e. The SMILES string of the molecule is CCCOC(=O)c1ccccc1C=O. The van der Waals surface area contributed by atoms with Crippen molar-refractivity contribution in [2.24, 2.45) is 0 Å². The summed E-state index contributed by atoms with van der Waals surface area (Å²) in [6.07, 6.45) is 1.43. The van der Waals surface area contributed by atoms with Crippen LogP contribution < -0.4 is 0 Å². The average molecular weight is 192 g/mol. The summed E-state index contributed by atoms with van der Waals surface area (Å²) in [5, 5.41) is 0. The zero-order valence-electron chi connectivity index (χ0n) is 8.03. The number of carbonyl (C=O) groups is 2. The molecule has 1 aromatic carbocycles. The molecule has 0 aliphatic heterocycles. The summed E-state index contributed by atoms with van der Waals surface area (Å²) in [5.74, 6) is -0.436. The van der Waals surface area contributed by atoms with Crippen LogP contribution in [0, 0.1) is 0 Å². The summed E-state index contributed by atoms with van der Waals surface area (Å²) in [7, 11) is 0. The van der Waals surface area contributed by atoms with Crippen molar-refractivity contribution in [3.63, 3.8) is 0 Å². The van der Waals surface area contributed by atoms with Gasteiger partial charge in [-0.1, -0.05) is 25.1 Å². The zero-order chi connectivity index (χ0) is 10.4. The smallest absolute Gasteiger partial charge is 0.338 e. The second-order valence-electron chi connectivity index (χ2n) is 2.84. The van der Waals surface area contributed by atoms with E-state index in [0.29, 0.717) is 24.0 Å². The average Bonchev–Trinajstić information content (AvgIpc) is 2.25. The normalized spacial score (nSPS) is 9.50. The molecule has 1 rings (SSSR count). The Balaban J connectivity index is 2.83. The molecule has 3 heteroatoms. The van der Waals surface area contributed by atoms with Crippen molar-refractivity contribution < 1.29 is 14.3 Å². The highest BCUT2D eigenvalue weighted by atomic mass is 16.5. The molecule has 0 heterocycles. The first-order valence-corrected chi connectivity index (χ1v) is 4.51. The summed E-state index contributed by atoms with van der Waals surface area (Å²) in [6, 6.07) is 6.59. The van der Waals surface area contributed by atoms with Gasteiger partial charge in [0, 0.05) is 5.56 Å². The molecule has 0 aromatic heterocycles.